The fourth-order valence-corrected chi connectivity index (χ4v) is 4.77. The van der Waals surface area contributed by atoms with E-state index in [1.165, 1.54) is 5.57 Å². The summed E-state index contributed by atoms with van der Waals surface area (Å²) in [4.78, 5) is 31.8. The van der Waals surface area contributed by atoms with Crippen molar-refractivity contribution in [3.63, 3.8) is 0 Å². The molecule has 1 aromatic rings. The lowest BCUT2D eigenvalue weighted by Crippen LogP contribution is -2.34. The number of amides is 1. The number of esters is 1. The molecule has 6 nitrogen and oxygen atoms in total. The van der Waals surface area contributed by atoms with Gasteiger partial charge in [-0.25, -0.2) is 4.98 Å². The van der Waals surface area contributed by atoms with E-state index in [1.54, 1.807) is 23.5 Å². The number of ether oxygens (including phenoxy) is 1. The minimum absolute atomic E-state index is 0.154. The third-order valence-corrected chi connectivity index (χ3v) is 6.73. The van der Waals surface area contributed by atoms with Crippen LogP contribution in [0.4, 0.5) is 0 Å². The predicted octanol–water partition coefficient (Wildman–Crippen LogP) is 5.73. The van der Waals surface area contributed by atoms with Gasteiger partial charge in [0.15, 0.2) is 0 Å². The van der Waals surface area contributed by atoms with E-state index in [2.05, 4.69) is 53.7 Å². The molecule has 202 valence electrons. The van der Waals surface area contributed by atoms with Crippen LogP contribution in [-0.2, 0) is 27.2 Å². The lowest BCUT2D eigenvalue weighted by molar-refractivity contribution is -0.148. The van der Waals surface area contributed by atoms with Gasteiger partial charge < -0.3 is 15.0 Å². The third-order valence-electron chi connectivity index (χ3n) is 5.81. The summed E-state index contributed by atoms with van der Waals surface area (Å²) in [5.74, 6) is -0.312. The van der Waals surface area contributed by atoms with Gasteiger partial charge in [0.2, 0.25) is 5.91 Å². The standard InChI is InChI=1S/C30H43N3O3S/c1-22(16-17-33(5)6)14-15-24(3)19-27-20-29-32-26(21-37-29)11-7-8-13-30(35)36-25(4)18-23(2)10-9-12-28(34)31-27/h9-10,12,14-16,19,21,25,27H,7-8,11,13,17-18,20H2,1-6H3,(H,31,34)/b12-9-,15-14+,22-16+,23-10+,24-19+/t25-,27?/m0/s1. The van der Waals surface area contributed by atoms with Crippen LogP contribution in [-0.4, -0.2) is 54.5 Å². The number of nitrogens with one attached hydrogen (secondary N) is 1. The van der Waals surface area contributed by atoms with Gasteiger partial charge in [-0.2, -0.15) is 0 Å². The lowest BCUT2D eigenvalue weighted by atomic mass is 10.1. The van der Waals surface area contributed by atoms with Crippen molar-refractivity contribution in [3.8, 4) is 0 Å². The van der Waals surface area contributed by atoms with Crippen LogP contribution in [0.3, 0.4) is 0 Å². The van der Waals surface area contributed by atoms with Gasteiger partial charge in [0, 0.05) is 37.3 Å². The second-order valence-electron chi connectivity index (χ2n) is 10.1. The van der Waals surface area contributed by atoms with Gasteiger partial charge in [-0.05, 0) is 61.1 Å². The largest absolute Gasteiger partial charge is 0.462 e. The molecule has 0 fully saturated rings. The summed E-state index contributed by atoms with van der Waals surface area (Å²) >= 11 is 1.62. The Balaban J connectivity index is 2.21. The van der Waals surface area contributed by atoms with E-state index in [4.69, 9.17) is 9.72 Å². The van der Waals surface area contributed by atoms with Crippen molar-refractivity contribution in [2.75, 3.05) is 20.6 Å². The summed E-state index contributed by atoms with van der Waals surface area (Å²) in [7, 11) is 4.10. The van der Waals surface area contributed by atoms with Crippen LogP contribution in [0.25, 0.3) is 0 Å². The second-order valence-corrected chi connectivity index (χ2v) is 11.0. The summed E-state index contributed by atoms with van der Waals surface area (Å²) in [5.41, 5.74) is 4.36. The minimum atomic E-state index is -0.193. The number of carbonyl (C=O) groups is 2. The topological polar surface area (TPSA) is 71.5 Å². The van der Waals surface area contributed by atoms with Gasteiger partial charge >= 0.3 is 5.97 Å². The molecule has 7 heteroatoms. The fraction of sp³-hybridized carbons (Fsp3) is 0.500. The molecule has 0 aromatic carbocycles. The Labute approximate surface area is 226 Å². The molecule has 2 heterocycles. The molecule has 1 N–H and O–H groups in total. The Morgan fingerprint density at radius 2 is 1.89 bits per heavy atom. The number of aromatic nitrogens is 1. The van der Waals surface area contributed by atoms with Crippen molar-refractivity contribution in [2.24, 2.45) is 0 Å². The number of aryl methyl sites for hydroxylation is 1. The number of hydrogen-bond acceptors (Lipinski definition) is 6. The zero-order chi connectivity index (χ0) is 27.2. The van der Waals surface area contributed by atoms with E-state index >= 15 is 0 Å². The first-order valence-corrected chi connectivity index (χ1v) is 13.9. The first-order valence-electron chi connectivity index (χ1n) is 13.1. The molecule has 2 atom stereocenters. The number of likely N-dealkylation sites (N-methyl/N-ethyl adjacent to an activating group) is 1. The molecule has 2 rings (SSSR count). The van der Waals surface area contributed by atoms with Gasteiger partial charge in [-0.15, -0.1) is 11.3 Å². The third kappa shape index (κ3) is 13.4. The summed E-state index contributed by atoms with van der Waals surface area (Å²) in [5, 5.41) is 6.20. The van der Waals surface area contributed by atoms with Crippen molar-refractivity contribution in [1.82, 2.24) is 15.2 Å². The Morgan fingerprint density at radius 1 is 1.16 bits per heavy atom. The Morgan fingerprint density at radius 3 is 2.65 bits per heavy atom. The Bertz CT molecular complexity index is 1050. The number of hydrogen-bond donors (Lipinski definition) is 1. The Hall–Kier alpha value is -2.77. The number of nitrogens with zero attached hydrogens (tertiary/aromatic N) is 2. The molecule has 1 aliphatic rings. The van der Waals surface area contributed by atoms with Crippen LogP contribution in [0, 0.1) is 0 Å². The number of cyclic esters (lactones) is 1. The molecule has 1 aliphatic heterocycles. The van der Waals surface area contributed by atoms with Crippen LogP contribution < -0.4 is 5.32 Å². The molecule has 2 bridgehead atoms. The van der Waals surface area contributed by atoms with Crippen molar-refractivity contribution in [3.05, 3.63) is 75.3 Å². The zero-order valence-electron chi connectivity index (χ0n) is 23.3. The van der Waals surface area contributed by atoms with E-state index in [-0.39, 0.29) is 24.0 Å². The van der Waals surface area contributed by atoms with Gasteiger partial charge in [-0.3, -0.25) is 9.59 Å². The molecule has 37 heavy (non-hydrogen) atoms. The maximum atomic E-state index is 12.7. The van der Waals surface area contributed by atoms with Crippen LogP contribution in [0.5, 0.6) is 0 Å². The highest BCUT2D eigenvalue weighted by Gasteiger charge is 2.14. The average Bonchev–Trinajstić information content (AvgIpc) is 3.25. The van der Waals surface area contributed by atoms with Gasteiger partial charge in [-0.1, -0.05) is 53.2 Å². The highest BCUT2D eigenvalue weighted by molar-refractivity contribution is 7.09. The maximum Gasteiger partial charge on any atom is 0.306 e. The van der Waals surface area contributed by atoms with Gasteiger partial charge in [0.25, 0.3) is 0 Å². The maximum absolute atomic E-state index is 12.7. The number of thiazole rings is 1. The van der Waals surface area contributed by atoms with E-state index in [1.807, 2.05) is 34.0 Å². The molecule has 0 saturated heterocycles. The molecule has 1 amide bonds. The quantitative estimate of drug-likeness (QED) is 0.393. The average molecular weight is 526 g/mol. The Kier molecular flexibility index (Phi) is 13.3. The molecule has 1 aromatic heterocycles. The predicted molar refractivity (Wildman–Crippen MR) is 154 cm³/mol. The highest BCUT2D eigenvalue weighted by Crippen LogP contribution is 2.17. The van der Waals surface area contributed by atoms with E-state index in [9.17, 15) is 9.59 Å². The summed E-state index contributed by atoms with van der Waals surface area (Å²) in [6.45, 7) is 8.92. The van der Waals surface area contributed by atoms with E-state index in [0.29, 0.717) is 19.3 Å². The van der Waals surface area contributed by atoms with E-state index in [0.717, 1.165) is 47.7 Å². The highest BCUT2D eigenvalue weighted by atomic mass is 32.1. The second kappa shape index (κ2) is 16.2. The zero-order valence-corrected chi connectivity index (χ0v) is 24.1. The van der Waals surface area contributed by atoms with Crippen LogP contribution in [0.2, 0.25) is 0 Å². The monoisotopic (exact) mass is 525 g/mol. The lowest BCUT2D eigenvalue weighted by Gasteiger charge is -2.14. The smallest absolute Gasteiger partial charge is 0.306 e. The van der Waals surface area contributed by atoms with Crippen molar-refractivity contribution in [1.29, 1.82) is 0 Å². The van der Waals surface area contributed by atoms with Crippen molar-refractivity contribution in [2.45, 2.75) is 78.4 Å². The fourth-order valence-electron chi connectivity index (χ4n) is 3.88. The van der Waals surface area contributed by atoms with Crippen LogP contribution >= 0.6 is 11.3 Å². The summed E-state index contributed by atoms with van der Waals surface area (Å²) < 4.78 is 5.53. The summed E-state index contributed by atoms with van der Waals surface area (Å²) in [6.07, 6.45) is 17.7. The minimum Gasteiger partial charge on any atom is -0.462 e. The van der Waals surface area contributed by atoms with Gasteiger partial charge in [0.05, 0.1) is 16.7 Å². The number of rotatable bonds is 5. The molecule has 0 saturated carbocycles. The van der Waals surface area contributed by atoms with Gasteiger partial charge in [0.1, 0.15) is 6.10 Å². The summed E-state index contributed by atoms with van der Waals surface area (Å²) in [6, 6.07) is -0.176. The molecule has 1 unspecified atom stereocenters. The van der Waals surface area contributed by atoms with Crippen molar-refractivity contribution >= 4 is 23.2 Å². The molecular formula is C30H43N3O3S. The SMILES string of the molecule is CC(/C=C/C(C)=C/C1Cc2nc(cs2)CCCCC(=O)O[C@@H](C)C/C(C)=C/C=C\C(=O)N1)=C\CN(C)C. The number of allylic oxidation sites excluding steroid dienone is 6. The number of fused-ring (bicyclic) bond motifs is 2. The first-order chi connectivity index (χ1) is 17.6. The van der Waals surface area contributed by atoms with Crippen LogP contribution in [0.15, 0.2) is 64.6 Å². The first kappa shape index (κ1) is 30.5. The number of carbonyl (C=O) groups excluding carboxylic acids is 2. The molecular weight excluding hydrogens is 482 g/mol. The normalized spacial score (nSPS) is 24.0. The molecule has 0 radical (unpaired) electrons. The molecule has 0 spiro atoms. The van der Waals surface area contributed by atoms with Crippen LogP contribution in [0.1, 0.15) is 64.1 Å². The van der Waals surface area contributed by atoms with Crippen molar-refractivity contribution < 1.29 is 14.3 Å². The van der Waals surface area contributed by atoms with E-state index < -0.39 is 0 Å². The molecule has 0 aliphatic carbocycles.